The van der Waals surface area contributed by atoms with Crippen LogP contribution >= 0.6 is 0 Å². The van der Waals surface area contributed by atoms with Crippen LogP contribution in [0.4, 0.5) is 0 Å². The maximum Gasteiger partial charge on any atom is 0.0195 e. The fourth-order valence-corrected chi connectivity index (χ4v) is 2.86. The summed E-state index contributed by atoms with van der Waals surface area (Å²) in [4.78, 5) is 5.24. The minimum atomic E-state index is 0.748. The van der Waals surface area contributed by atoms with E-state index in [1.54, 1.807) is 0 Å². The highest BCUT2D eigenvalue weighted by molar-refractivity contribution is 4.78. The molecule has 0 amide bonds. The first kappa shape index (κ1) is 15.9. The van der Waals surface area contributed by atoms with E-state index in [4.69, 9.17) is 0 Å². The van der Waals surface area contributed by atoms with Gasteiger partial charge in [-0.05, 0) is 45.9 Å². The average Bonchev–Trinajstić information content (AvgIpc) is 2.38. The minimum Gasteiger partial charge on any atom is -0.317 e. The van der Waals surface area contributed by atoms with Crippen LogP contribution in [-0.2, 0) is 0 Å². The van der Waals surface area contributed by atoms with Gasteiger partial charge in [-0.25, -0.2) is 0 Å². The Kier molecular flexibility index (Phi) is 8.64. The highest BCUT2D eigenvalue weighted by atomic mass is 15.3. The van der Waals surface area contributed by atoms with Crippen LogP contribution in [0.1, 0.15) is 46.5 Å². The Labute approximate surface area is 114 Å². The van der Waals surface area contributed by atoms with Gasteiger partial charge in [0.2, 0.25) is 0 Å². The van der Waals surface area contributed by atoms with Crippen molar-refractivity contribution in [2.24, 2.45) is 0 Å². The highest BCUT2D eigenvalue weighted by Crippen LogP contribution is 2.10. The van der Waals surface area contributed by atoms with E-state index >= 15 is 0 Å². The first-order valence-electron chi connectivity index (χ1n) is 7.95. The van der Waals surface area contributed by atoms with Crippen molar-refractivity contribution >= 4 is 0 Å². The zero-order valence-electron chi connectivity index (χ0n) is 12.7. The van der Waals surface area contributed by atoms with Crippen LogP contribution < -0.4 is 5.32 Å². The van der Waals surface area contributed by atoms with Gasteiger partial charge in [-0.2, -0.15) is 0 Å². The van der Waals surface area contributed by atoms with Gasteiger partial charge in [-0.3, -0.25) is 4.90 Å². The SMILES string of the molecule is CCNCCCCCCN1CCN(CC)C(C)C1. The molecule has 108 valence electrons. The summed E-state index contributed by atoms with van der Waals surface area (Å²) in [7, 11) is 0. The predicted molar refractivity (Wildman–Crippen MR) is 80.2 cm³/mol. The van der Waals surface area contributed by atoms with Crippen LogP contribution in [0.15, 0.2) is 0 Å². The smallest absolute Gasteiger partial charge is 0.0195 e. The molecule has 1 fully saturated rings. The molecule has 3 nitrogen and oxygen atoms in total. The van der Waals surface area contributed by atoms with Crippen LogP contribution in [0, 0.1) is 0 Å². The van der Waals surface area contributed by atoms with Crippen molar-refractivity contribution in [3.8, 4) is 0 Å². The number of likely N-dealkylation sites (N-methyl/N-ethyl adjacent to an activating group) is 1. The third-order valence-corrected chi connectivity index (χ3v) is 4.08. The second kappa shape index (κ2) is 9.76. The Hall–Kier alpha value is -0.120. The normalized spacial score (nSPS) is 22.5. The van der Waals surface area contributed by atoms with Crippen LogP contribution in [-0.4, -0.2) is 61.7 Å². The first-order chi connectivity index (χ1) is 8.77. The maximum absolute atomic E-state index is 3.39. The van der Waals surface area contributed by atoms with Crippen molar-refractivity contribution in [3.63, 3.8) is 0 Å². The Bertz CT molecular complexity index is 196. The Morgan fingerprint density at radius 1 is 1.06 bits per heavy atom. The van der Waals surface area contributed by atoms with Crippen molar-refractivity contribution in [3.05, 3.63) is 0 Å². The number of rotatable bonds is 9. The Morgan fingerprint density at radius 3 is 2.50 bits per heavy atom. The fourth-order valence-electron chi connectivity index (χ4n) is 2.86. The van der Waals surface area contributed by atoms with E-state index in [1.165, 1.54) is 65.0 Å². The van der Waals surface area contributed by atoms with Gasteiger partial charge in [0.1, 0.15) is 0 Å². The fraction of sp³-hybridized carbons (Fsp3) is 1.00. The van der Waals surface area contributed by atoms with Crippen LogP contribution in [0.5, 0.6) is 0 Å². The van der Waals surface area contributed by atoms with Crippen LogP contribution in [0.25, 0.3) is 0 Å². The Balaban J connectivity index is 1.97. The zero-order chi connectivity index (χ0) is 13.2. The molecule has 0 aliphatic carbocycles. The van der Waals surface area contributed by atoms with Gasteiger partial charge < -0.3 is 10.2 Å². The summed E-state index contributed by atoms with van der Waals surface area (Å²) in [5.74, 6) is 0. The molecular formula is C15H33N3. The lowest BCUT2D eigenvalue weighted by atomic mass is 10.1. The molecular weight excluding hydrogens is 222 g/mol. The molecule has 0 spiro atoms. The molecule has 0 aromatic rings. The molecule has 1 aliphatic rings. The number of unbranched alkanes of at least 4 members (excludes halogenated alkanes) is 3. The standard InChI is InChI=1S/C15H33N3/c1-4-16-10-8-6-7-9-11-17-12-13-18(5-2)15(3)14-17/h15-16H,4-14H2,1-3H3. The lowest BCUT2D eigenvalue weighted by Crippen LogP contribution is -2.51. The zero-order valence-corrected chi connectivity index (χ0v) is 12.7. The number of hydrogen-bond acceptors (Lipinski definition) is 3. The second-order valence-electron chi connectivity index (χ2n) is 5.55. The van der Waals surface area contributed by atoms with Gasteiger partial charge in [0.25, 0.3) is 0 Å². The summed E-state index contributed by atoms with van der Waals surface area (Å²) in [6.45, 7) is 15.4. The first-order valence-corrected chi connectivity index (χ1v) is 7.95. The third kappa shape index (κ3) is 6.17. The molecule has 1 unspecified atom stereocenters. The van der Waals surface area contributed by atoms with Crippen molar-refractivity contribution < 1.29 is 0 Å². The van der Waals surface area contributed by atoms with Crippen LogP contribution in [0.3, 0.4) is 0 Å². The lowest BCUT2D eigenvalue weighted by molar-refractivity contribution is 0.0869. The number of nitrogens with zero attached hydrogens (tertiary/aromatic N) is 2. The molecule has 18 heavy (non-hydrogen) atoms. The van der Waals surface area contributed by atoms with E-state index in [9.17, 15) is 0 Å². The number of hydrogen-bond donors (Lipinski definition) is 1. The van der Waals surface area contributed by atoms with Gasteiger partial charge in [-0.15, -0.1) is 0 Å². The largest absolute Gasteiger partial charge is 0.317 e. The molecule has 0 bridgehead atoms. The molecule has 0 aromatic carbocycles. The number of nitrogens with one attached hydrogen (secondary N) is 1. The second-order valence-corrected chi connectivity index (χ2v) is 5.55. The summed E-state index contributed by atoms with van der Waals surface area (Å²) in [5, 5.41) is 3.39. The van der Waals surface area contributed by atoms with E-state index in [2.05, 4.69) is 35.9 Å². The lowest BCUT2D eigenvalue weighted by Gasteiger charge is -2.39. The summed E-state index contributed by atoms with van der Waals surface area (Å²) in [6, 6.07) is 0.748. The highest BCUT2D eigenvalue weighted by Gasteiger charge is 2.21. The summed E-state index contributed by atoms with van der Waals surface area (Å²) in [6.07, 6.45) is 5.50. The molecule has 1 atom stereocenters. The molecule has 1 saturated heterocycles. The van der Waals surface area contributed by atoms with E-state index in [-0.39, 0.29) is 0 Å². The molecule has 1 N–H and O–H groups in total. The summed E-state index contributed by atoms with van der Waals surface area (Å²) in [5.41, 5.74) is 0. The van der Waals surface area contributed by atoms with E-state index in [0.29, 0.717) is 0 Å². The average molecular weight is 255 g/mol. The number of piperazine rings is 1. The molecule has 3 heteroatoms. The predicted octanol–water partition coefficient (Wildman–Crippen LogP) is 2.18. The molecule has 1 rings (SSSR count). The Morgan fingerprint density at radius 2 is 1.83 bits per heavy atom. The van der Waals surface area contributed by atoms with Gasteiger partial charge >= 0.3 is 0 Å². The minimum absolute atomic E-state index is 0.748. The molecule has 1 heterocycles. The van der Waals surface area contributed by atoms with Crippen molar-refractivity contribution in [2.75, 3.05) is 45.8 Å². The molecule has 0 radical (unpaired) electrons. The summed E-state index contributed by atoms with van der Waals surface area (Å²) >= 11 is 0. The molecule has 0 aromatic heterocycles. The quantitative estimate of drug-likeness (QED) is 0.637. The van der Waals surface area contributed by atoms with E-state index in [1.807, 2.05) is 0 Å². The molecule has 0 saturated carbocycles. The maximum atomic E-state index is 3.39. The van der Waals surface area contributed by atoms with Gasteiger partial charge in [0, 0.05) is 25.7 Å². The van der Waals surface area contributed by atoms with Gasteiger partial charge in [0.05, 0.1) is 0 Å². The van der Waals surface area contributed by atoms with Crippen LogP contribution in [0.2, 0.25) is 0 Å². The summed E-state index contributed by atoms with van der Waals surface area (Å²) < 4.78 is 0. The van der Waals surface area contributed by atoms with Crippen molar-refractivity contribution in [2.45, 2.75) is 52.5 Å². The van der Waals surface area contributed by atoms with Gasteiger partial charge in [-0.1, -0.05) is 26.7 Å². The van der Waals surface area contributed by atoms with Crippen molar-refractivity contribution in [1.29, 1.82) is 0 Å². The van der Waals surface area contributed by atoms with Gasteiger partial charge in [0.15, 0.2) is 0 Å². The molecule has 1 aliphatic heterocycles. The third-order valence-electron chi connectivity index (χ3n) is 4.08. The van der Waals surface area contributed by atoms with Crippen molar-refractivity contribution in [1.82, 2.24) is 15.1 Å². The monoisotopic (exact) mass is 255 g/mol. The topological polar surface area (TPSA) is 18.5 Å². The van der Waals surface area contributed by atoms with E-state index in [0.717, 1.165) is 12.6 Å². The van der Waals surface area contributed by atoms with E-state index < -0.39 is 0 Å².